The molecule has 0 amide bonds. The zero-order valence-electron chi connectivity index (χ0n) is 17.5. The van der Waals surface area contributed by atoms with Gasteiger partial charge in [0, 0.05) is 36.8 Å². The van der Waals surface area contributed by atoms with Crippen LogP contribution in [0, 0.1) is 0 Å². The van der Waals surface area contributed by atoms with Crippen molar-refractivity contribution in [1.82, 2.24) is 4.98 Å². The molecule has 1 unspecified atom stereocenters. The molecule has 31 heavy (non-hydrogen) atoms. The van der Waals surface area contributed by atoms with Gasteiger partial charge in [-0.05, 0) is 56.9 Å². The van der Waals surface area contributed by atoms with Gasteiger partial charge >= 0.3 is 6.18 Å². The third kappa shape index (κ3) is 5.01. The van der Waals surface area contributed by atoms with E-state index in [2.05, 4.69) is 4.98 Å². The lowest BCUT2D eigenvalue weighted by Crippen LogP contribution is -2.50. The number of Topliss-reactive ketones (excluding diaryl/α,β-unsaturated/α-hetero) is 1. The highest BCUT2D eigenvalue weighted by Gasteiger charge is 2.35. The average Bonchev–Trinajstić information content (AvgIpc) is 2.76. The zero-order valence-corrected chi connectivity index (χ0v) is 17.5. The fraction of sp³-hybridized carbons (Fsp3) is 0.565. The quantitative estimate of drug-likeness (QED) is 0.676. The molecule has 3 heterocycles. The lowest BCUT2D eigenvalue weighted by atomic mass is 10.00. The highest BCUT2D eigenvalue weighted by Crippen LogP contribution is 2.38. The van der Waals surface area contributed by atoms with Crippen LogP contribution in [0.5, 0.6) is 0 Å². The Morgan fingerprint density at radius 1 is 1.23 bits per heavy atom. The van der Waals surface area contributed by atoms with Crippen molar-refractivity contribution in [1.29, 1.82) is 0 Å². The van der Waals surface area contributed by atoms with Gasteiger partial charge in [0.25, 0.3) is 0 Å². The molecule has 168 valence electrons. The Balaban J connectivity index is 1.53. The lowest BCUT2D eigenvalue weighted by Gasteiger charge is -2.38. The number of pyridine rings is 1. The van der Waals surface area contributed by atoms with Crippen molar-refractivity contribution >= 4 is 22.4 Å². The number of ketones is 1. The number of fused-ring (bicyclic) bond motifs is 1. The third-order valence-electron chi connectivity index (χ3n) is 6.00. The summed E-state index contributed by atoms with van der Waals surface area (Å²) in [6.07, 6.45) is 0.407. The van der Waals surface area contributed by atoms with Crippen molar-refractivity contribution < 1.29 is 27.4 Å². The predicted octanol–water partition coefficient (Wildman–Crippen LogP) is 4.77. The van der Waals surface area contributed by atoms with Crippen molar-refractivity contribution in [2.75, 3.05) is 24.6 Å². The first kappa shape index (κ1) is 22.0. The number of rotatable bonds is 5. The lowest BCUT2D eigenvalue weighted by molar-refractivity contribution is -0.136. The SMILES string of the molecule is C[C@@H]1CN(c2ccc(C(F)(F)F)c3ncccc23)C[C@H](C(=O)CCC2CCCCO2)O1. The van der Waals surface area contributed by atoms with Crippen LogP contribution in [0.2, 0.25) is 0 Å². The van der Waals surface area contributed by atoms with Gasteiger partial charge in [0.15, 0.2) is 5.78 Å². The topological polar surface area (TPSA) is 51.7 Å². The summed E-state index contributed by atoms with van der Waals surface area (Å²) in [5.41, 5.74) is -0.197. The standard InChI is InChI=1S/C23H27F3N2O3/c1-15-13-28(14-21(31-15)20(29)10-7-16-5-2-3-12-30-16)19-9-8-18(23(24,25)26)22-17(19)6-4-11-27-22/h4,6,8-9,11,15-16,21H,2-3,5,7,10,12-14H2,1H3/t15-,16?,21-/m1/s1. The molecule has 8 heteroatoms. The van der Waals surface area contributed by atoms with E-state index in [1.165, 1.54) is 12.3 Å². The smallest absolute Gasteiger partial charge is 0.378 e. The molecule has 0 spiro atoms. The number of hydrogen-bond acceptors (Lipinski definition) is 5. The van der Waals surface area contributed by atoms with Gasteiger partial charge in [-0.25, -0.2) is 0 Å². The Hall–Kier alpha value is -2.19. The number of carbonyl (C=O) groups is 1. The molecule has 2 aromatic rings. The fourth-order valence-electron chi connectivity index (χ4n) is 4.49. The monoisotopic (exact) mass is 436 g/mol. The summed E-state index contributed by atoms with van der Waals surface area (Å²) in [6, 6.07) is 5.82. The van der Waals surface area contributed by atoms with E-state index in [0.29, 0.717) is 37.0 Å². The van der Waals surface area contributed by atoms with E-state index in [1.807, 2.05) is 11.8 Å². The molecule has 1 aromatic heterocycles. The Morgan fingerprint density at radius 2 is 2.06 bits per heavy atom. The summed E-state index contributed by atoms with van der Waals surface area (Å²) >= 11 is 0. The molecule has 0 saturated carbocycles. The van der Waals surface area contributed by atoms with Crippen LogP contribution in [-0.4, -0.2) is 48.8 Å². The van der Waals surface area contributed by atoms with E-state index < -0.39 is 17.8 Å². The molecule has 0 bridgehead atoms. The molecule has 3 atom stereocenters. The number of nitrogens with zero attached hydrogens (tertiary/aromatic N) is 2. The van der Waals surface area contributed by atoms with E-state index in [-0.39, 0.29) is 23.5 Å². The van der Waals surface area contributed by atoms with Gasteiger partial charge < -0.3 is 14.4 Å². The van der Waals surface area contributed by atoms with Crippen LogP contribution in [0.1, 0.15) is 44.6 Å². The first-order chi connectivity index (χ1) is 14.8. The number of ether oxygens (including phenoxy) is 2. The Kier molecular flexibility index (Phi) is 6.48. The molecule has 5 nitrogen and oxygen atoms in total. The minimum Gasteiger partial charge on any atom is -0.378 e. The molecule has 2 aliphatic heterocycles. The molecule has 0 aliphatic carbocycles. The zero-order chi connectivity index (χ0) is 22.0. The molecule has 2 fully saturated rings. The van der Waals surface area contributed by atoms with Crippen molar-refractivity contribution in [3.63, 3.8) is 0 Å². The molecule has 2 saturated heterocycles. The number of benzene rings is 1. The van der Waals surface area contributed by atoms with Gasteiger partial charge in [-0.15, -0.1) is 0 Å². The van der Waals surface area contributed by atoms with Crippen LogP contribution in [0.15, 0.2) is 30.5 Å². The summed E-state index contributed by atoms with van der Waals surface area (Å²) in [5, 5.41) is 0.424. The molecule has 1 aromatic carbocycles. The summed E-state index contributed by atoms with van der Waals surface area (Å²) in [7, 11) is 0. The number of morpholine rings is 1. The summed E-state index contributed by atoms with van der Waals surface area (Å²) in [4.78, 5) is 18.8. The minimum atomic E-state index is -4.48. The van der Waals surface area contributed by atoms with E-state index >= 15 is 0 Å². The second-order valence-electron chi connectivity index (χ2n) is 8.36. The number of alkyl halides is 3. The second-order valence-corrected chi connectivity index (χ2v) is 8.36. The summed E-state index contributed by atoms with van der Waals surface area (Å²) in [6.45, 7) is 3.43. The number of aromatic nitrogens is 1. The van der Waals surface area contributed by atoms with Gasteiger partial charge in [-0.2, -0.15) is 13.2 Å². The Labute approximate surface area is 179 Å². The first-order valence-electron chi connectivity index (χ1n) is 10.8. The molecular formula is C23H27F3N2O3. The number of halogens is 3. The maximum Gasteiger partial charge on any atom is 0.418 e. The van der Waals surface area contributed by atoms with Gasteiger partial charge in [-0.3, -0.25) is 9.78 Å². The number of carbonyl (C=O) groups excluding carboxylic acids is 1. The Morgan fingerprint density at radius 3 is 2.81 bits per heavy atom. The highest BCUT2D eigenvalue weighted by molar-refractivity contribution is 5.94. The summed E-state index contributed by atoms with van der Waals surface area (Å²) < 4.78 is 51.9. The summed E-state index contributed by atoms with van der Waals surface area (Å²) in [5.74, 6) is 0.0139. The Bertz CT molecular complexity index is 928. The molecular weight excluding hydrogens is 409 g/mol. The van der Waals surface area contributed by atoms with E-state index in [4.69, 9.17) is 9.47 Å². The van der Waals surface area contributed by atoms with Crippen molar-refractivity contribution in [2.24, 2.45) is 0 Å². The van der Waals surface area contributed by atoms with Crippen LogP contribution >= 0.6 is 0 Å². The highest BCUT2D eigenvalue weighted by atomic mass is 19.4. The number of anilines is 1. The molecule has 0 N–H and O–H groups in total. The van der Waals surface area contributed by atoms with Gasteiger partial charge in [-0.1, -0.05) is 0 Å². The maximum atomic E-state index is 13.4. The maximum absolute atomic E-state index is 13.4. The molecule has 0 radical (unpaired) electrons. The van der Waals surface area contributed by atoms with E-state index in [1.54, 1.807) is 12.1 Å². The minimum absolute atomic E-state index is 0.0139. The molecule has 4 rings (SSSR count). The van der Waals surface area contributed by atoms with Crippen LogP contribution in [0.3, 0.4) is 0 Å². The molecule has 2 aliphatic rings. The van der Waals surface area contributed by atoms with Crippen LogP contribution < -0.4 is 4.90 Å². The second kappa shape index (κ2) is 9.12. The van der Waals surface area contributed by atoms with Crippen molar-refractivity contribution in [3.8, 4) is 0 Å². The number of hydrogen-bond donors (Lipinski definition) is 0. The third-order valence-corrected chi connectivity index (χ3v) is 6.00. The predicted molar refractivity (Wildman–Crippen MR) is 111 cm³/mol. The van der Waals surface area contributed by atoms with Crippen molar-refractivity contribution in [2.45, 2.75) is 63.5 Å². The van der Waals surface area contributed by atoms with E-state index in [9.17, 15) is 18.0 Å². The van der Waals surface area contributed by atoms with Crippen LogP contribution in [0.4, 0.5) is 18.9 Å². The largest absolute Gasteiger partial charge is 0.418 e. The first-order valence-corrected chi connectivity index (χ1v) is 10.8. The average molecular weight is 436 g/mol. The van der Waals surface area contributed by atoms with Gasteiger partial charge in [0.1, 0.15) is 6.10 Å². The normalized spacial score (nSPS) is 25.0. The fourth-order valence-corrected chi connectivity index (χ4v) is 4.49. The van der Waals surface area contributed by atoms with E-state index in [0.717, 1.165) is 31.9 Å². The van der Waals surface area contributed by atoms with Gasteiger partial charge in [0.2, 0.25) is 0 Å². The van der Waals surface area contributed by atoms with Crippen LogP contribution in [-0.2, 0) is 20.4 Å². The van der Waals surface area contributed by atoms with Gasteiger partial charge in [0.05, 0.1) is 29.8 Å². The van der Waals surface area contributed by atoms with Crippen molar-refractivity contribution in [3.05, 3.63) is 36.0 Å². The van der Waals surface area contributed by atoms with Crippen LogP contribution in [0.25, 0.3) is 10.9 Å².